The van der Waals surface area contributed by atoms with Crippen LogP contribution in [0.1, 0.15) is 13.3 Å². The smallest absolute Gasteiger partial charge is 0.0795 e. The lowest BCUT2D eigenvalue weighted by Gasteiger charge is -2.11. The lowest BCUT2D eigenvalue weighted by molar-refractivity contribution is 0.149. The SMILES string of the molecule is CO[C@H](C)C1=C2C=CC(=C1)C2. The molecule has 1 nitrogen and oxygen atoms in total. The Labute approximate surface area is 67.1 Å². The van der Waals surface area contributed by atoms with Crippen LogP contribution in [-0.2, 0) is 4.74 Å². The summed E-state index contributed by atoms with van der Waals surface area (Å²) in [7, 11) is 1.76. The van der Waals surface area contributed by atoms with Crippen molar-refractivity contribution in [1.29, 1.82) is 0 Å². The van der Waals surface area contributed by atoms with Crippen molar-refractivity contribution in [3.8, 4) is 0 Å². The maximum atomic E-state index is 5.25. The first-order valence-corrected chi connectivity index (χ1v) is 3.96. The van der Waals surface area contributed by atoms with Crippen LogP contribution < -0.4 is 0 Å². The van der Waals surface area contributed by atoms with E-state index in [1.54, 1.807) is 7.11 Å². The average Bonchev–Trinajstić information content (AvgIpc) is 2.62. The third kappa shape index (κ3) is 0.962. The first kappa shape index (κ1) is 6.86. The molecule has 2 bridgehead atoms. The topological polar surface area (TPSA) is 9.23 Å². The van der Waals surface area contributed by atoms with Gasteiger partial charge in [-0.1, -0.05) is 18.2 Å². The van der Waals surface area contributed by atoms with Crippen LogP contribution >= 0.6 is 0 Å². The van der Waals surface area contributed by atoms with E-state index < -0.39 is 0 Å². The molecule has 0 radical (unpaired) electrons. The Balaban J connectivity index is 2.30. The van der Waals surface area contributed by atoms with Gasteiger partial charge in [-0.25, -0.2) is 0 Å². The van der Waals surface area contributed by atoms with Gasteiger partial charge in [0.05, 0.1) is 6.10 Å². The number of allylic oxidation sites excluding steroid dienone is 4. The molecule has 0 amide bonds. The van der Waals surface area contributed by atoms with E-state index >= 15 is 0 Å². The highest BCUT2D eigenvalue weighted by Crippen LogP contribution is 2.35. The second kappa shape index (κ2) is 2.35. The van der Waals surface area contributed by atoms with Crippen LogP contribution in [0.4, 0.5) is 0 Å². The number of methoxy groups -OCH3 is 1. The summed E-state index contributed by atoms with van der Waals surface area (Å²) in [5.74, 6) is 0. The number of rotatable bonds is 2. The lowest BCUT2D eigenvalue weighted by Crippen LogP contribution is -2.07. The Morgan fingerprint density at radius 1 is 1.45 bits per heavy atom. The van der Waals surface area contributed by atoms with Crippen molar-refractivity contribution in [2.24, 2.45) is 0 Å². The standard InChI is InChI=1S/C10H12O/c1-7(11-2)10-6-8-3-4-9(10)5-8/h3-4,6-7H,5H2,1-2H3/t7-/m1/s1. The monoisotopic (exact) mass is 148 g/mol. The molecular weight excluding hydrogens is 136 g/mol. The highest BCUT2D eigenvalue weighted by atomic mass is 16.5. The molecule has 0 aromatic heterocycles. The summed E-state index contributed by atoms with van der Waals surface area (Å²) in [5, 5.41) is 0. The van der Waals surface area contributed by atoms with E-state index in [1.807, 2.05) is 0 Å². The molecule has 11 heavy (non-hydrogen) atoms. The predicted octanol–water partition coefficient (Wildman–Crippen LogP) is 2.22. The predicted molar refractivity (Wildman–Crippen MR) is 45.3 cm³/mol. The molecule has 0 spiro atoms. The molecule has 0 fully saturated rings. The fourth-order valence-electron chi connectivity index (χ4n) is 1.64. The van der Waals surface area contributed by atoms with Crippen molar-refractivity contribution in [3.63, 3.8) is 0 Å². The zero-order chi connectivity index (χ0) is 7.84. The molecular formula is C10H12O. The van der Waals surface area contributed by atoms with E-state index in [4.69, 9.17) is 4.74 Å². The van der Waals surface area contributed by atoms with Gasteiger partial charge in [-0.15, -0.1) is 0 Å². The van der Waals surface area contributed by atoms with Crippen LogP contribution in [-0.4, -0.2) is 13.2 Å². The molecule has 2 aliphatic rings. The zero-order valence-electron chi connectivity index (χ0n) is 6.92. The maximum Gasteiger partial charge on any atom is 0.0795 e. The molecule has 1 atom stereocenters. The molecule has 2 rings (SSSR count). The van der Waals surface area contributed by atoms with Crippen LogP contribution in [0.25, 0.3) is 0 Å². The Bertz CT molecular complexity index is 269. The van der Waals surface area contributed by atoms with Crippen molar-refractivity contribution < 1.29 is 4.74 Å². The Morgan fingerprint density at radius 2 is 2.27 bits per heavy atom. The number of ether oxygens (including phenoxy) is 1. The van der Waals surface area contributed by atoms with Gasteiger partial charge in [-0.05, 0) is 30.1 Å². The summed E-state index contributed by atoms with van der Waals surface area (Å²) < 4.78 is 5.25. The lowest BCUT2D eigenvalue weighted by atomic mass is 10.1. The summed E-state index contributed by atoms with van der Waals surface area (Å²) in [4.78, 5) is 0. The van der Waals surface area contributed by atoms with E-state index in [0.29, 0.717) is 0 Å². The minimum atomic E-state index is 0.257. The highest BCUT2D eigenvalue weighted by Gasteiger charge is 2.20. The van der Waals surface area contributed by atoms with Crippen molar-refractivity contribution in [3.05, 3.63) is 34.9 Å². The molecule has 0 N–H and O–H groups in total. The minimum Gasteiger partial charge on any atom is -0.377 e. The van der Waals surface area contributed by atoms with Gasteiger partial charge in [0.2, 0.25) is 0 Å². The summed E-state index contributed by atoms with van der Waals surface area (Å²) in [6.07, 6.45) is 8.00. The molecule has 0 saturated heterocycles. The van der Waals surface area contributed by atoms with Crippen molar-refractivity contribution >= 4 is 0 Å². The largest absolute Gasteiger partial charge is 0.377 e. The van der Waals surface area contributed by atoms with Crippen molar-refractivity contribution in [2.45, 2.75) is 19.4 Å². The molecule has 0 aromatic carbocycles. The van der Waals surface area contributed by atoms with Crippen LogP contribution in [0, 0.1) is 0 Å². The first-order chi connectivity index (χ1) is 5.31. The fourth-order valence-corrected chi connectivity index (χ4v) is 1.64. The van der Waals surface area contributed by atoms with Gasteiger partial charge in [0.1, 0.15) is 0 Å². The zero-order valence-corrected chi connectivity index (χ0v) is 6.92. The number of hydrogen-bond acceptors (Lipinski definition) is 1. The Hall–Kier alpha value is -0.820. The van der Waals surface area contributed by atoms with Gasteiger partial charge >= 0.3 is 0 Å². The molecule has 0 unspecified atom stereocenters. The molecule has 58 valence electrons. The van der Waals surface area contributed by atoms with Gasteiger partial charge in [-0.2, -0.15) is 0 Å². The van der Waals surface area contributed by atoms with E-state index in [1.165, 1.54) is 16.7 Å². The molecule has 0 saturated carbocycles. The molecule has 0 heterocycles. The van der Waals surface area contributed by atoms with Gasteiger partial charge in [0.15, 0.2) is 0 Å². The molecule has 1 heteroatoms. The van der Waals surface area contributed by atoms with Gasteiger partial charge in [0.25, 0.3) is 0 Å². The van der Waals surface area contributed by atoms with Crippen molar-refractivity contribution in [2.75, 3.05) is 7.11 Å². The van der Waals surface area contributed by atoms with Gasteiger partial charge < -0.3 is 4.74 Å². The van der Waals surface area contributed by atoms with Crippen LogP contribution in [0.5, 0.6) is 0 Å². The van der Waals surface area contributed by atoms with Crippen molar-refractivity contribution in [1.82, 2.24) is 0 Å². The summed E-state index contributed by atoms with van der Waals surface area (Å²) in [5.41, 5.74) is 4.23. The Morgan fingerprint density at radius 3 is 2.73 bits per heavy atom. The molecule has 0 aromatic rings. The van der Waals surface area contributed by atoms with Crippen LogP contribution in [0.3, 0.4) is 0 Å². The molecule has 2 aliphatic carbocycles. The van der Waals surface area contributed by atoms with Crippen LogP contribution in [0.2, 0.25) is 0 Å². The number of hydrogen-bond donors (Lipinski definition) is 0. The van der Waals surface area contributed by atoms with Gasteiger partial charge in [-0.3, -0.25) is 0 Å². The summed E-state index contributed by atoms with van der Waals surface area (Å²) in [6.45, 7) is 2.09. The normalized spacial score (nSPS) is 22.9. The maximum absolute atomic E-state index is 5.25. The second-order valence-corrected chi connectivity index (χ2v) is 3.09. The third-order valence-corrected chi connectivity index (χ3v) is 2.40. The van der Waals surface area contributed by atoms with E-state index in [2.05, 4.69) is 25.2 Å². The first-order valence-electron chi connectivity index (χ1n) is 3.96. The Kier molecular flexibility index (Phi) is 1.46. The molecule has 0 aliphatic heterocycles. The van der Waals surface area contributed by atoms with E-state index in [-0.39, 0.29) is 6.10 Å². The summed E-state index contributed by atoms with van der Waals surface area (Å²) in [6, 6.07) is 0. The van der Waals surface area contributed by atoms with E-state index in [9.17, 15) is 0 Å². The highest BCUT2D eigenvalue weighted by molar-refractivity contribution is 5.55. The average molecular weight is 148 g/mol. The second-order valence-electron chi connectivity index (χ2n) is 3.09. The fraction of sp³-hybridized carbons (Fsp3) is 0.400. The quantitative estimate of drug-likeness (QED) is 0.583. The van der Waals surface area contributed by atoms with Crippen LogP contribution in [0.15, 0.2) is 34.9 Å². The number of fused-ring (bicyclic) bond motifs is 2. The third-order valence-electron chi connectivity index (χ3n) is 2.40. The summed E-state index contributed by atoms with van der Waals surface area (Å²) >= 11 is 0. The van der Waals surface area contributed by atoms with E-state index in [0.717, 1.165) is 6.42 Å². The van der Waals surface area contributed by atoms with Gasteiger partial charge in [0, 0.05) is 7.11 Å². The minimum absolute atomic E-state index is 0.257.